The smallest absolute Gasteiger partial charge is 0.277 e. The first-order valence-corrected chi connectivity index (χ1v) is 10.6. The third-order valence-electron chi connectivity index (χ3n) is 4.77. The highest BCUT2D eigenvalue weighted by atomic mass is 32.1. The van der Waals surface area contributed by atoms with Crippen molar-refractivity contribution in [1.82, 2.24) is 15.0 Å². The minimum atomic E-state index is -0.342. The zero-order chi connectivity index (χ0) is 21.3. The van der Waals surface area contributed by atoms with Crippen molar-refractivity contribution in [3.05, 3.63) is 53.4 Å². The van der Waals surface area contributed by atoms with Crippen molar-refractivity contribution in [1.29, 1.82) is 0 Å². The Labute approximate surface area is 179 Å². The fourth-order valence-corrected chi connectivity index (χ4v) is 4.13. The zero-order valence-electron chi connectivity index (χ0n) is 17.2. The van der Waals surface area contributed by atoms with E-state index >= 15 is 0 Å². The molecule has 0 fully saturated rings. The van der Waals surface area contributed by atoms with Gasteiger partial charge in [-0.05, 0) is 29.5 Å². The van der Waals surface area contributed by atoms with Crippen LogP contribution < -0.4 is 10.2 Å². The van der Waals surface area contributed by atoms with Gasteiger partial charge in [-0.25, -0.2) is 9.97 Å². The minimum absolute atomic E-state index is 0.0352. The van der Waals surface area contributed by atoms with Crippen molar-refractivity contribution in [2.75, 3.05) is 16.8 Å². The van der Waals surface area contributed by atoms with Crippen LogP contribution in [0, 0.1) is 5.41 Å². The second-order valence-electron chi connectivity index (χ2n) is 8.46. The van der Waals surface area contributed by atoms with E-state index in [1.807, 2.05) is 22.4 Å². The Morgan fingerprint density at radius 2 is 2.07 bits per heavy atom. The Bertz CT molecular complexity index is 1090. The van der Waals surface area contributed by atoms with Gasteiger partial charge < -0.3 is 4.90 Å². The van der Waals surface area contributed by atoms with E-state index in [0.717, 1.165) is 28.9 Å². The summed E-state index contributed by atoms with van der Waals surface area (Å²) in [5.74, 6) is -0.178. The fourth-order valence-electron chi connectivity index (χ4n) is 3.41. The SMILES string of the molecule is CC(C)(C)CC(=O)N1CCc2cc(-c3csc(NC(=O)c4cnccn4)n3)ccc21. The molecule has 0 saturated heterocycles. The van der Waals surface area contributed by atoms with Crippen molar-refractivity contribution in [3.63, 3.8) is 0 Å². The largest absolute Gasteiger partial charge is 0.312 e. The highest BCUT2D eigenvalue weighted by Gasteiger charge is 2.28. The highest BCUT2D eigenvalue weighted by Crippen LogP contribution is 2.35. The predicted molar refractivity (Wildman–Crippen MR) is 118 cm³/mol. The van der Waals surface area contributed by atoms with Gasteiger partial charge in [0.05, 0.1) is 11.9 Å². The lowest BCUT2D eigenvalue weighted by atomic mass is 9.91. The molecule has 30 heavy (non-hydrogen) atoms. The fraction of sp³-hybridized carbons (Fsp3) is 0.318. The van der Waals surface area contributed by atoms with Crippen LogP contribution in [0.25, 0.3) is 11.3 Å². The summed E-state index contributed by atoms with van der Waals surface area (Å²) in [6.45, 7) is 6.94. The maximum atomic E-state index is 12.7. The van der Waals surface area contributed by atoms with Crippen LogP contribution in [0.2, 0.25) is 0 Å². The van der Waals surface area contributed by atoms with Crippen LogP contribution in [-0.4, -0.2) is 33.3 Å². The van der Waals surface area contributed by atoms with Crippen molar-refractivity contribution < 1.29 is 9.59 Å². The van der Waals surface area contributed by atoms with Crippen molar-refractivity contribution in [3.8, 4) is 11.3 Å². The molecule has 4 rings (SSSR count). The lowest BCUT2D eigenvalue weighted by Gasteiger charge is -2.23. The lowest BCUT2D eigenvalue weighted by molar-refractivity contribution is -0.120. The molecule has 0 bridgehead atoms. The van der Waals surface area contributed by atoms with Crippen LogP contribution in [-0.2, 0) is 11.2 Å². The van der Waals surface area contributed by atoms with Gasteiger partial charge in [0.15, 0.2) is 5.13 Å². The van der Waals surface area contributed by atoms with Crippen molar-refractivity contribution in [2.24, 2.45) is 5.41 Å². The summed E-state index contributed by atoms with van der Waals surface area (Å²) in [4.78, 5) is 39.2. The summed E-state index contributed by atoms with van der Waals surface area (Å²) in [6.07, 6.45) is 5.76. The van der Waals surface area contributed by atoms with E-state index in [2.05, 4.69) is 47.1 Å². The van der Waals surface area contributed by atoms with Gasteiger partial charge in [0.25, 0.3) is 5.91 Å². The molecule has 1 aliphatic rings. The number of anilines is 2. The summed E-state index contributed by atoms with van der Waals surface area (Å²) in [7, 11) is 0. The molecular weight excluding hydrogens is 398 g/mol. The predicted octanol–water partition coefficient (Wildman–Crippen LogP) is 4.18. The van der Waals surface area contributed by atoms with E-state index < -0.39 is 0 Å². The van der Waals surface area contributed by atoms with Gasteiger partial charge in [-0.1, -0.05) is 26.8 Å². The van der Waals surface area contributed by atoms with Gasteiger partial charge in [0.1, 0.15) is 5.69 Å². The number of benzene rings is 1. The molecule has 3 heterocycles. The molecule has 7 nitrogen and oxygen atoms in total. The molecule has 0 atom stereocenters. The summed E-state index contributed by atoms with van der Waals surface area (Å²) in [5, 5.41) is 5.17. The second kappa shape index (κ2) is 7.95. The molecule has 154 valence electrons. The Kier molecular flexibility index (Phi) is 5.34. The van der Waals surface area contributed by atoms with Crippen molar-refractivity contribution in [2.45, 2.75) is 33.6 Å². The van der Waals surface area contributed by atoms with Gasteiger partial charge in [-0.15, -0.1) is 11.3 Å². The number of thiazole rings is 1. The standard InChI is InChI=1S/C22H23N5O2S/c1-22(2,3)11-19(28)27-9-6-15-10-14(4-5-18(15)27)17-13-30-21(25-17)26-20(29)16-12-23-7-8-24-16/h4-5,7-8,10,12-13H,6,9,11H2,1-3H3,(H,25,26,29). The average Bonchev–Trinajstić information content (AvgIpc) is 3.33. The number of hydrogen-bond donors (Lipinski definition) is 1. The van der Waals surface area contributed by atoms with Crippen LogP contribution in [0.4, 0.5) is 10.8 Å². The van der Waals surface area contributed by atoms with Crippen LogP contribution >= 0.6 is 11.3 Å². The topological polar surface area (TPSA) is 88.1 Å². The maximum Gasteiger partial charge on any atom is 0.277 e. The molecule has 0 unspecified atom stereocenters. The summed E-state index contributed by atoms with van der Waals surface area (Å²) in [5.41, 5.74) is 4.10. The van der Waals surface area contributed by atoms with Crippen LogP contribution in [0.3, 0.4) is 0 Å². The summed E-state index contributed by atoms with van der Waals surface area (Å²) >= 11 is 1.36. The second-order valence-corrected chi connectivity index (χ2v) is 9.32. The van der Waals surface area contributed by atoms with Crippen LogP contribution in [0.5, 0.6) is 0 Å². The number of carbonyl (C=O) groups is 2. The first kappa shape index (κ1) is 20.2. The van der Waals surface area contributed by atoms with Gasteiger partial charge in [0.2, 0.25) is 5.91 Å². The minimum Gasteiger partial charge on any atom is -0.312 e. The Balaban J connectivity index is 1.49. The third kappa shape index (κ3) is 4.38. The molecule has 2 aromatic heterocycles. The molecule has 0 radical (unpaired) electrons. The van der Waals surface area contributed by atoms with E-state index in [-0.39, 0.29) is 22.9 Å². The molecular formula is C22H23N5O2S. The molecule has 8 heteroatoms. The Hall–Kier alpha value is -3.13. The quantitative estimate of drug-likeness (QED) is 0.683. The molecule has 1 aromatic carbocycles. The normalized spacial score (nSPS) is 13.2. The number of nitrogens with one attached hydrogen (secondary N) is 1. The van der Waals surface area contributed by atoms with E-state index in [1.165, 1.54) is 29.9 Å². The average molecular weight is 422 g/mol. The van der Waals surface area contributed by atoms with Gasteiger partial charge in [-0.2, -0.15) is 0 Å². The molecule has 3 aromatic rings. The summed E-state index contributed by atoms with van der Waals surface area (Å²) in [6, 6.07) is 6.06. The maximum absolute atomic E-state index is 12.7. The number of hydrogen-bond acceptors (Lipinski definition) is 6. The number of fused-ring (bicyclic) bond motifs is 1. The summed E-state index contributed by atoms with van der Waals surface area (Å²) < 4.78 is 0. The molecule has 1 aliphatic heterocycles. The van der Waals surface area contributed by atoms with Gasteiger partial charge in [0, 0.05) is 42.0 Å². The third-order valence-corrected chi connectivity index (χ3v) is 5.53. The number of amides is 2. The molecule has 0 aliphatic carbocycles. The number of rotatable bonds is 4. The number of carbonyl (C=O) groups excluding carboxylic acids is 2. The van der Waals surface area contributed by atoms with Gasteiger partial charge >= 0.3 is 0 Å². The molecule has 0 saturated carbocycles. The molecule has 2 amide bonds. The van der Waals surface area contributed by atoms with Gasteiger partial charge in [-0.3, -0.25) is 19.9 Å². The van der Waals surface area contributed by atoms with Crippen molar-refractivity contribution >= 4 is 34.0 Å². The Morgan fingerprint density at radius 1 is 1.23 bits per heavy atom. The van der Waals surface area contributed by atoms with E-state index in [0.29, 0.717) is 18.1 Å². The Morgan fingerprint density at radius 3 is 2.80 bits per heavy atom. The number of nitrogens with zero attached hydrogens (tertiary/aromatic N) is 4. The van der Waals surface area contributed by atoms with Crippen LogP contribution in [0.1, 0.15) is 43.2 Å². The molecule has 1 N–H and O–H groups in total. The highest BCUT2D eigenvalue weighted by molar-refractivity contribution is 7.14. The first-order chi connectivity index (χ1) is 14.3. The monoisotopic (exact) mass is 421 g/mol. The van der Waals surface area contributed by atoms with E-state index in [4.69, 9.17) is 0 Å². The van der Waals surface area contributed by atoms with Crippen LogP contribution in [0.15, 0.2) is 42.2 Å². The first-order valence-electron chi connectivity index (χ1n) is 9.77. The lowest BCUT2D eigenvalue weighted by Crippen LogP contribution is -2.31. The zero-order valence-corrected chi connectivity index (χ0v) is 18.0. The van der Waals surface area contributed by atoms with E-state index in [9.17, 15) is 9.59 Å². The number of aromatic nitrogens is 3. The van der Waals surface area contributed by atoms with E-state index in [1.54, 1.807) is 0 Å². The molecule has 0 spiro atoms.